The third kappa shape index (κ3) is 4.95. The third-order valence-electron chi connectivity index (χ3n) is 6.63. The molecule has 2 aliphatic heterocycles. The maximum absolute atomic E-state index is 13.3. The van der Waals surface area contributed by atoms with Crippen molar-refractivity contribution in [3.63, 3.8) is 0 Å². The number of nitrogens with zero attached hydrogens (tertiary/aromatic N) is 3. The van der Waals surface area contributed by atoms with Crippen LogP contribution in [0.1, 0.15) is 25.5 Å². The second kappa shape index (κ2) is 9.36. The van der Waals surface area contributed by atoms with Crippen molar-refractivity contribution in [3.8, 4) is 0 Å². The van der Waals surface area contributed by atoms with E-state index < -0.39 is 23.5 Å². The summed E-state index contributed by atoms with van der Waals surface area (Å²) in [6.45, 7) is 5.79. The van der Waals surface area contributed by atoms with Gasteiger partial charge >= 0.3 is 12.1 Å². The Kier molecular flexibility index (Phi) is 6.22. The zero-order chi connectivity index (χ0) is 25.4. The molecule has 0 radical (unpaired) electrons. The summed E-state index contributed by atoms with van der Waals surface area (Å²) in [5, 5.41) is 26.3. The predicted molar refractivity (Wildman–Crippen MR) is 130 cm³/mol. The Morgan fingerprint density at radius 1 is 1.19 bits per heavy atom. The van der Waals surface area contributed by atoms with Gasteiger partial charge in [0.15, 0.2) is 5.82 Å². The summed E-state index contributed by atoms with van der Waals surface area (Å²) in [4.78, 5) is 31.4. The average Bonchev–Trinajstić information content (AvgIpc) is 3.53. The van der Waals surface area contributed by atoms with Gasteiger partial charge in [0, 0.05) is 37.2 Å². The number of nitrogens with one attached hydrogen (secondary N) is 4. The first-order valence-electron chi connectivity index (χ1n) is 11.7. The van der Waals surface area contributed by atoms with Crippen LogP contribution in [0.5, 0.6) is 0 Å². The van der Waals surface area contributed by atoms with Gasteiger partial charge in [0.2, 0.25) is 0 Å². The molecule has 0 spiro atoms. The van der Waals surface area contributed by atoms with Crippen molar-refractivity contribution < 1.29 is 23.8 Å². The van der Waals surface area contributed by atoms with Gasteiger partial charge in [-0.3, -0.25) is 15.7 Å². The van der Waals surface area contributed by atoms with Gasteiger partial charge in [0.25, 0.3) is 0 Å². The summed E-state index contributed by atoms with van der Waals surface area (Å²) in [5.74, 6) is 0.940. The van der Waals surface area contributed by atoms with Crippen LogP contribution in [0.15, 0.2) is 36.5 Å². The number of rotatable bonds is 5. The molecule has 12 heteroatoms. The van der Waals surface area contributed by atoms with Gasteiger partial charge in [0.1, 0.15) is 11.6 Å². The van der Waals surface area contributed by atoms with Gasteiger partial charge in [0.05, 0.1) is 35.8 Å². The molecule has 2 aliphatic rings. The highest BCUT2D eigenvalue weighted by atomic mass is 19.1. The normalized spacial score (nSPS) is 20.3. The van der Waals surface area contributed by atoms with Gasteiger partial charge < -0.3 is 20.1 Å². The molecule has 4 amide bonds. The van der Waals surface area contributed by atoms with E-state index in [1.54, 1.807) is 24.8 Å². The van der Waals surface area contributed by atoms with Crippen LogP contribution < -0.4 is 16.0 Å². The lowest BCUT2D eigenvalue weighted by atomic mass is 9.92. The lowest BCUT2D eigenvalue weighted by Crippen LogP contribution is -2.44. The number of anilines is 2. The van der Waals surface area contributed by atoms with Crippen molar-refractivity contribution in [1.29, 1.82) is 0 Å². The smallest absolute Gasteiger partial charge is 0.323 e. The van der Waals surface area contributed by atoms with Crippen LogP contribution in [0, 0.1) is 17.7 Å². The van der Waals surface area contributed by atoms with Crippen LogP contribution in [0.25, 0.3) is 10.9 Å². The molecule has 36 heavy (non-hydrogen) atoms. The van der Waals surface area contributed by atoms with Gasteiger partial charge in [-0.15, -0.1) is 0 Å². The zero-order valence-corrected chi connectivity index (χ0v) is 19.9. The Balaban J connectivity index is 1.24. The van der Waals surface area contributed by atoms with Gasteiger partial charge in [-0.2, -0.15) is 5.10 Å². The predicted octanol–water partition coefficient (Wildman–Crippen LogP) is 2.84. The van der Waals surface area contributed by atoms with E-state index in [2.05, 4.69) is 31.1 Å². The summed E-state index contributed by atoms with van der Waals surface area (Å²) in [6, 6.07) is 5.51. The van der Waals surface area contributed by atoms with Crippen molar-refractivity contribution in [2.75, 3.05) is 36.9 Å². The van der Waals surface area contributed by atoms with Crippen molar-refractivity contribution in [2.45, 2.75) is 25.5 Å². The minimum absolute atomic E-state index is 0.224. The number of pyridine rings is 1. The van der Waals surface area contributed by atoms with E-state index in [1.165, 1.54) is 30.5 Å². The fraction of sp³-hybridized carbons (Fsp3) is 0.417. The van der Waals surface area contributed by atoms with Crippen LogP contribution >= 0.6 is 0 Å². The molecular weight excluding hydrogens is 469 g/mol. The molecule has 11 nitrogen and oxygen atoms in total. The lowest BCUT2D eigenvalue weighted by molar-refractivity contribution is 0.0415. The molecular formula is C24H28FN7O4. The number of carbonyl (C=O) groups excluding carboxylic acids is 2. The summed E-state index contributed by atoms with van der Waals surface area (Å²) >= 11 is 0. The molecule has 1 unspecified atom stereocenters. The minimum Gasteiger partial charge on any atom is -0.388 e. The monoisotopic (exact) mass is 497 g/mol. The number of carbonyl (C=O) groups is 2. The van der Waals surface area contributed by atoms with Crippen LogP contribution in [0.3, 0.4) is 0 Å². The van der Waals surface area contributed by atoms with Crippen LogP contribution in [0.2, 0.25) is 0 Å². The van der Waals surface area contributed by atoms with Gasteiger partial charge in [-0.25, -0.2) is 19.0 Å². The van der Waals surface area contributed by atoms with E-state index >= 15 is 0 Å². The highest BCUT2D eigenvalue weighted by molar-refractivity contribution is 6.00. The molecule has 5 rings (SSSR count). The SMILES string of the molecule is CC(C)(O)[C@@H](NC(=O)Nc1cc2[nH]nc(NC(=O)N3CC4COC[C@H]4C3)c2cn1)c1ccc(F)cc1. The number of fused-ring (bicyclic) bond motifs is 2. The number of urea groups is 2. The molecule has 0 bridgehead atoms. The number of aromatic nitrogens is 3. The van der Waals surface area contributed by atoms with Gasteiger partial charge in [-0.1, -0.05) is 12.1 Å². The molecule has 1 aromatic carbocycles. The largest absolute Gasteiger partial charge is 0.388 e. The number of hydrogen-bond acceptors (Lipinski definition) is 6. The fourth-order valence-electron chi connectivity index (χ4n) is 4.72. The van der Waals surface area contributed by atoms with E-state index in [9.17, 15) is 19.1 Å². The van der Waals surface area contributed by atoms with Crippen LogP contribution in [-0.4, -0.2) is 69.2 Å². The Morgan fingerprint density at radius 3 is 2.56 bits per heavy atom. The fourth-order valence-corrected chi connectivity index (χ4v) is 4.72. The van der Waals surface area contributed by atoms with E-state index in [4.69, 9.17) is 4.74 Å². The maximum Gasteiger partial charge on any atom is 0.323 e. The summed E-state index contributed by atoms with van der Waals surface area (Å²) in [7, 11) is 0. The molecule has 3 aromatic rings. The van der Waals surface area contributed by atoms with Gasteiger partial charge in [-0.05, 0) is 31.5 Å². The number of halogens is 1. The first-order valence-corrected chi connectivity index (χ1v) is 11.7. The molecule has 2 fully saturated rings. The Labute approximate surface area is 206 Å². The van der Waals surface area contributed by atoms with Crippen LogP contribution in [0.4, 0.5) is 25.6 Å². The third-order valence-corrected chi connectivity index (χ3v) is 6.63. The number of aromatic amines is 1. The minimum atomic E-state index is -1.32. The molecule has 0 saturated carbocycles. The molecule has 0 aliphatic carbocycles. The maximum atomic E-state index is 13.3. The number of likely N-dealkylation sites (tertiary alicyclic amines) is 1. The van der Waals surface area contributed by atoms with E-state index in [0.717, 1.165) is 0 Å². The second-order valence-corrected chi connectivity index (χ2v) is 9.82. The molecule has 5 N–H and O–H groups in total. The van der Waals surface area contributed by atoms with E-state index in [-0.39, 0.29) is 11.8 Å². The zero-order valence-electron chi connectivity index (χ0n) is 19.9. The van der Waals surface area contributed by atoms with Crippen molar-refractivity contribution in [1.82, 2.24) is 25.4 Å². The average molecular weight is 498 g/mol. The highest BCUT2D eigenvalue weighted by Gasteiger charge is 2.39. The molecule has 3 atom stereocenters. The van der Waals surface area contributed by atoms with E-state index in [1.807, 2.05) is 0 Å². The molecule has 2 aromatic heterocycles. The van der Waals surface area contributed by atoms with Crippen molar-refractivity contribution >= 4 is 34.6 Å². The quantitative estimate of drug-likeness (QED) is 0.367. The van der Waals surface area contributed by atoms with Crippen LogP contribution in [-0.2, 0) is 4.74 Å². The number of H-pyrrole nitrogens is 1. The Morgan fingerprint density at radius 2 is 1.89 bits per heavy atom. The molecule has 2 saturated heterocycles. The lowest BCUT2D eigenvalue weighted by Gasteiger charge is -2.30. The number of aliphatic hydroxyl groups is 1. The first-order chi connectivity index (χ1) is 17.2. The first kappa shape index (κ1) is 23.9. The number of hydrogen-bond donors (Lipinski definition) is 5. The number of ether oxygens (including phenoxy) is 1. The number of amides is 4. The summed E-state index contributed by atoms with van der Waals surface area (Å²) < 4.78 is 18.8. The summed E-state index contributed by atoms with van der Waals surface area (Å²) in [5.41, 5.74) is -0.199. The standard InChI is InChI=1S/C24H28FN7O4/c1-24(2,35)20(13-3-5-16(25)6-4-13)28-22(33)27-19-7-18-17(8-26-19)21(31-30-18)29-23(34)32-9-14-11-36-12-15(14)10-32/h3-8,14-15,20,35H,9-12H2,1-2H3,(H2,26,27,28,33)(H2,29,30,31,34)/t14-,15?,20+/m1/s1. The van der Waals surface area contributed by atoms with Crippen molar-refractivity contribution in [3.05, 3.63) is 47.9 Å². The van der Waals surface area contributed by atoms with Crippen molar-refractivity contribution in [2.24, 2.45) is 11.8 Å². The Hall–Kier alpha value is -3.77. The summed E-state index contributed by atoms with van der Waals surface area (Å²) in [6.07, 6.45) is 1.50. The molecule has 190 valence electrons. The molecule has 4 heterocycles. The van der Waals surface area contributed by atoms with E-state index in [0.29, 0.717) is 60.4 Å². The topological polar surface area (TPSA) is 144 Å². The Bertz CT molecular complexity index is 1260. The second-order valence-electron chi connectivity index (χ2n) is 9.82. The number of benzene rings is 1. The highest BCUT2D eigenvalue weighted by Crippen LogP contribution is 2.30.